The quantitative estimate of drug-likeness (QED) is 0.492. The number of nitrogens with zero attached hydrogens (tertiary/aromatic N) is 1. The lowest BCUT2D eigenvalue weighted by Gasteiger charge is -2.21. The molecule has 0 aliphatic heterocycles. The van der Waals surface area contributed by atoms with Gasteiger partial charge in [-0.15, -0.1) is 0 Å². The Labute approximate surface area is 129 Å². The van der Waals surface area contributed by atoms with Crippen molar-refractivity contribution < 1.29 is 9.47 Å². The number of ether oxygens (including phenoxy) is 2. The van der Waals surface area contributed by atoms with Gasteiger partial charge in [-0.05, 0) is 18.4 Å². The van der Waals surface area contributed by atoms with Gasteiger partial charge < -0.3 is 9.47 Å². The Hall–Kier alpha value is -0.640. The standard InChI is InChI=1S/C15H20INO2/c1-18-15(12-16)11-14(19-10-9-17)8-7-13-5-3-2-4-6-13/h2-6,14-15H,7-8,10-12H2,1H3/t14-,15-/m1/s1. The van der Waals surface area contributed by atoms with Gasteiger partial charge in [-0.3, -0.25) is 0 Å². The van der Waals surface area contributed by atoms with E-state index in [2.05, 4.69) is 34.7 Å². The third-order valence-corrected chi connectivity index (χ3v) is 4.00. The molecular weight excluding hydrogens is 353 g/mol. The van der Waals surface area contributed by atoms with Crippen molar-refractivity contribution in [1.82, 2.24) is 0 Å². The monoisotopic (exact) mass is 373 g/mol. The minimum absolute atomic E-state index is 0.0829. The topological polar surface area (TPSA) is 42.2 Å². The van der Waals surface area contributed by atoms with Gasteiger partial charge in [-0.25, -0.2) is 0 Å². The fourth-order valence-electron chi connectivity index (χ4n) is 1.91. The highest BCUT2D eigenvalue weighted by atomic mass is 127. The average molecular weight is 373 g/mol. The highest BCUT2D eigenvalue weighted by Crippen LogP contribution is 2.15. The van der Waals surface area contributed by atoms with Gasteiger partial charge in [-0.1, -0.05) is 52.9 Å². The van der Waals surface area contributed by atoms with Crippen LogP contribution in [-0.2, 0) is 15.9 Å². The third-order valence-electron chi connectivity index (χ3n) is 3.01. The van der Waals surface area contributed by atoms with Gasteiger partial charge in [0, 0.05) is 18.0 Å². The fourth-order valence-corrected chi connectivity index (χ4v) is 2.63. The normalized spacial score (nSPS) is 13.7. The molecule has 1 aromatic carbocycles. The second-order valence-electron chi connectivity index (χ2n) is 4.36. The van der Waals surface area contributed by atoms with Crippen molar-refractivity contribution in [3.05, 3.63) is 35.9 Å². The van der Waals surface area contributed by atoms with Crippen LogP contribution in [-0.4, -0.2) is 30.4 Å². The predicted octanol–water partition coefficient (Wildman–Crippen LogP) is 3.37. The zero-order valence-electron chi connectivity index (χ0n) is 11.2. The van der Waals surface area contributed by atoms with Crippen LogP contribution in [0.1, 0.15) is 18.4 Å². The summed E-state index contributed by atoms with van der Waals surface area (Å²) in [6.45, 7) is 0.150. The van der Waals surface area contributed by atoms with Crippen LogP contribution in [0.2, 0.25) is 0 Å². The molecule has 0 N–H and O–H groups in total. The first-order chi connectivity index (χ1) is 9.30. The van der Waals surface area contributed by atoms with Gasteiger partial charge in [0.05, 0.1) is 18.3 Å². The Morgan fingerprint density at radius 1 is 1.26 bits per heavy atom. The highest BCUT2D eigenvalue weighted by Gasteiger charge is 2.16. The number of aryl methyl sites for hydroxylation is 1. The Kier molecular flexibility index (Phi) is 8.80. The summed E-state index contributed by atoms with van der Waals surface area (Å²) < 4.78 is 11.9. The predicted molar refractivity (Wildman–Crippen MR) is 84.4 cm³/mol. The molecule has 0 aliphatic rings. The molecule has 104 valence electrons. The lowest BCUT2D eigenvalue weighted by Crippen LogP contribution is -2.24. The van der Waals surface area contributed by atoms with Crippen molar-refractivity contribution in [2.75, 3.05) is 18.1 Å². The third kappa shape index (κ3) is 6.90. The molecule has 19 heavy (non-hydrogen) atoms. The number of hydrogen-bond acceptors (Lipinski definition) is 3. The molecule has 0 amide bonds. The molecule has 2 atom stereocenters. The summed E-state index contributed by atoms with van der Waals surface area (Å²) in [7, 11) is 1.72. The second kappa shape index (κ2) is 10.2. The first kappa shape index (κ1) is 16.4. The number of benzene rings is 1. The number of rotatable bonds is 9. The van der Waals surface area contributed by atoms with E-state index in [1.165, 1.54) is 5.56 Å². The van der Waals surface area contributed by atoms with Crippen LogP contribution in [0.25, 0.3) is 0 Å². The summed E-state index contributed by atoms with van der Waals surface area (Å²) in [5.41, 5.74) is 1.30. The SMILES string of the molecule is CO[C@@H](CI)C[C@@H](CCc1ccccc1)OCC#N. The van der Waals surface area contributed by atoms with E-state index in [1.54, 1.807) is 7.11 Å². The molecule has 0 saturated carbocycles. The molecule has 0 heterocycles. The molecule has 1 rings (SSSR count). The molecule has 0 spiro atoms. The summed E-state index contributed by atoms with van der Waals surface area (Å²) in [5.74, 6) is 0. The molecule has 3 nitrogen and oxygen atoms in total. The summed E-state index contributed by atoms with van der Waals surface area (Å²) in [6.07, 6.45) is 3.00. The zero-order valence-corrected chi connectivity index (χ0v) is 13.4. The first-order valence-corrected chi connectivity index (χ1v) is 7.94. The lowest BCUT2D eigenvalue weighted by molar-refractivity contribution is 0.0167. The van der Waals surface area contributed by atoms with Crippen LogP contribution < -0.4 is 0 Å². The lowest BCUT2D eigenvalue weighted by atomic mass is 10.0. The Morgan fingerprint density at radius 3 is 2.58 bits per heavy atom. The summed E-state index contributed by atoms with van der Waals surface area (Å²) in [6, 6.07) is 12.4. The largest absolute Gasteiger partial charge is 0.381 e. The maximum atomic E-state index is 8.64. The molecule has 0 fully saturated rings. The van der Waals surface area contributed by atoms with E-state index < -0.39 is 0 Å². The Morgan fingerprint density at radius 2 is 2.00 bits per heavy atom. The van der Waals surface area contributed by atoms with Gasteiger partial charge in [0.25, 0.3) is 0 Å². The van der Waals surface area contributed by atoms with Gasteiger partial charge in [0.2, 0.25) is 0 Å². The molecule has 0 unspecified atom stereocenters. The van der Waals surface area contributed by atoms with Crippen molar-refractivity contribution in [3.8, 4) is 6.07 Å². The Bertz CT molecular complexity index is 373. The molecule has 0 bridgehead atoms. The van der Waals surface area contributed by atoms with Gasteiger partial charge in [-0.2, -0.15) is 5.26 Å². The number of alkyl halides is 1. The molecule has 0 aromatic heterocycles. The van der Waals surface area contributed by atoms with Crippen LogP contribution in [0.3, 0.4) is 0 Å². The van der Waals surface area contributed by atoms with Crippen molar-refractivity contribution >= 4 is 22.6 Å². The average Bonchev–Trinajstić information content (AvgIpc) is 2.47. The maximum absolute atomic E-state index is 8.64. The molecule has 0 saturated heterocycles. The van der Waals surface area contributed by atoms with E-state index in [9.17, 15) is 0 Å². The van der Waals surface area contributed by atoms with Crippen molar-refractivity contribution in [2.45, 2.75) is 31.5 Å². The van der Waals surface area contributed by atoms with E-state index in [0.717, 1.165) is 23.7 Å². The summed E-state index contributed by atoms with van der Waals surface area (Å²) in [4.78, 5) is 0. The van der Waals surface area contributed by atoms with Crippen LogP contribution >= 0.6 is 22.6 Å². The van der Waals surface area contributed by atoms with Gasteiger partial charge in [0.1, 0.15) is 6.61 Å². The molecule has 0 aliphatic carbocycles. The minimum atomic E-state index is 0.0829. The van der Waals surface area contributed by atoms with E-state index in [4.69, 9.17) is 14.7 Å². The summed E-state index contributed by atoms with van der Waals surface area (Å²) >= 11 is 2.31. The number of nitriles is 1. The molecule has 0 radical (unpaired) electrons. The number of methoxy groups -OCH3 is 1. The first-order valence-electron chi connectivity index (χ1n) is 6.41. The minimum Gasteiger partial charge on any atom is -0.381 e. The van der Waals surface area contributed by atoms with Crippen LogP contribution in [0.5, 0.6) is 0 Å². The smallest absolute Gasteiger partial charge is 0.134 e. The van der Waals surface area contributed by atoms with Gasteiger partial charge >= 0.3 is 0 Å². The Balaban J connectivity index is 2.47. The van der Waals surface area contributed by atoms with E-state index in [-0.39, 0.29) is 18.8 Å². The highest BCUT2D eigenvalue weighted by molar-refractivity contribution is 14.1. The van der Waals surface area contributed by atoms with Crippen molar-refractivity contribution in [1.29, 1.82) is 5.26 Å². The van der Waals surface area contributed by atoms with Crippen molar-refractivity contribution in [2.24, 2.45) is 0 Å². The van der Waals surface area contributed by atoms with Crippen LogP contribution in [0.4, 0.5) is 0 Å². The number of hydrogen-bond donors (Lipinski definition) is 0. The molecule has 1 aromatic rings. The van der Waals surface area contributed by atoms with E-state index in [1.807, 2.05) is 24.3 Å². The second-order valence-corrected chi connectivity index (χ2v) is 5.24. The van der Waals surface area contributed by atoms with E-state index >= 15 is 0 Å². The zero-order chi connectivity index (χ0) is 13.9. The van der Waals surface area contributed by atoms with Crippen molar-refractivity contribution in [3.63, 3.8) is 0 Å². The molecule has 4 heteroatoms. The molecular formula is C15H20INO2. The summed E-state index contributed by atoms with van der Waals surface area (Å²) in [5, 5.41) is 8.64. The number of halogens is 1. The van der Waals surface area contributed by atoms with Crippen LogP contribution in [0, 0.1) is 11.3 Å². The van der Waals surface area contributed by atoms with E-state index in [0.29, 0.717) is 0 Å². The van der Waals surface area contributed by atoms with Gasteiger partial charge in [0.15, 0.2) is 0 Å². The van der Waals surface area contributed by atoms with Crippen LogP contribution in [0.15, 0.2) is 30.3 Å². The maximum Gasteiger partial charge on any atom is 0.134 e. The fraction of sp³-hybridized carbons (Fsp3) is 0.533.